The molecule has 1 N–H and O–H groups in total. The first-order chi connectivity index (χ1) is 8.68. The lowest BCUT2D eigenvalue weighted by molar-refractivity contribution is -0.132. The average molecular weight is 246 g/mol. The number of rotatable bonds is 4. The summed E-state index contributed by atoms with van der Waals surface area (Å²) in [6.45, 7) is 3.13. The number of carbonyl (C=O) groups excluding carboxylic acids is 1. The van der Waals surface area contributed by atoms with Crippen LogP contribution >= 0.6 is 0 Å². The van der Waals surface area contributed by atoms with Gasteiger partial charge >= 0.3 is 0 Å². The van der Waals surface area contributed by atoms with E-state index in [9.17, 15) is 4.79 Å². The van der Waals surface area contributed by atoms with Crippen molar-refractivity contribution in [3.05, 3.63) is 35.9 Å². The number of hydrogen-bond acceptors (Lipinski definition) is 2. The molecule has 1 aliphatic heterocycles. The third-order valence-corrected chi connectivity index (χ3v) is 3.84. The highest BCUT2D eigenvalue weighted by atomic mass is 16.2. The van der Waals surface area contributed by atoms with Crippen molar-refractivity contribution in [1.82, 2.24) is 10.2 Å². The van der Waals surface area contributed by atoms with Crippen molar-refractivity contribution in [2.75, 3.05) is 13.6 Å². The Labute approximate surface area is 109 Å². The number of hydrogen-bond donors (Lipinski definition) is 1. The SMILES string of the molecule is CC(c1ccccc1)N(C)C(=O)CC1CCCN1. The quantitative estimate of drug-likeness (QED) is 0.884. The predicted molar refractivity (Wildman–Crippen MR) is 73.3 cm³/mol. The van der Waals surface area contributed by atoms with E-state index in [1.807, 2.05) is 30.1 Å². The molecule has 0 aromatic heterocycles. The van der Waals surface area contributed by atoms with Crippen LogP contribution in [-0.2, 0) is 4.79 Å². The molecule has 1 saturated heterocycles. The molecular weight excluding hydrogens is 224 g/mol. The van der Waals surface area contributed by atoms with Crippen LogP contribution in [0.3, 0.4) is 0 Å². The van der Waals surface area contributed by atoms with E-state index in [1.54, 1.807) is 0 Å². The van der Waals surface area contributed by atoms with Gasteiger partial charge in [-0.25, -0.2) is 0 Å². The monoisotopic (exact) mass is 246 g/mol. The maximum atomic E-state index is 12.2. The van der Waals surface area contributed by atoms with E-state index in [2.05, 4.69) is 24.4 Å². The van der Waals surface area contributed by atoms with Crippen molar-refractivity contribution in [1.29, 1.82) is 0 Å². The lowest BCUT2D eigenvalue weighted by Gasteiger charge is -2.26. The Morgan fingerprint density at radius 1 is 1.44 bits per heavy atom. The molecule has 1 aromatic carbocycles. The van der Waals surface area contributed by atoms with Crippen LogP contribution in [0.2, 0.25) is 0 Å². The van der Waals surface area contributed by atoms with Gasteiger partial charge in [-0.2, -0.15) is 0 Å². The Balaban J connectivity index is 1.93. The summed E-state index contributed by atoms with van der Waals surface area (Å²) in [6, 6.07) is 10.7. The first-order valence-electron chi connectivity index (χ1n) is 6.72. The molecule has 18 heavy (non-hydrogen) atoms. The smallest absolute Gasteiger partial charge is 0.224 e. The zero-order valence-corrected chi connectivity index (χ0v) is 11.2. The molecule has 0 spiro atoms. The van der Waals surface area contributed by atoms with Crippen LogP contribution in [0, 0.1) is 0 Å². The third-order valence-electron chi connectivity index (χ3n) is 3.84. The molecular formula is C15H22N2O. The molecule has 1 amide bonds. The van der Waals surface area contributed by atoms with E-state index < -0.39 is 0 Å². The second-order valence-corrected chi connectivity index (χ2v) is 5.09. The summed E-state index contributed by atoms with van der Waals surface area (Å²) in [5, 5.41) is 3.37. The topological polar surface area (TPSA) is 32.3 Å². The molecule has 1 fully saturated rings. The summed E-state index contributed by atoms with van der Waals surface area (Å²) < 4.78 is 0. The Hall–Kier alpha value is -1.35. The molecule has 0 aliphatic carbocycles. The molecule has 2 rings (SSSR count). The van der Waals surface area contributed by atoms with E-state index in [1.165, 1.54) is 12.0 Å². The van der Waals surface area contributed by atoms with E-state index in [0.29, 0.717) is 12.5 Å². The van der Waals surface area contributed by atoms with E-state index >= 15 is 0 Å². The lowest BCUT2D eigenvalue weighted by atomic mass is 10.1. The molecule has 0 saturated carbocycles. The molecule has 0 radical (unpaired) electrons. The van der Waals surface area contributed by atoms with E-state index in [0.717, 1.165) is 13.0 Å². The van der Waals surface area contributed by atoms with Crippen LogP contribution in [0.15, 0.2) is 30.3 Å². The highest BCUT2D eigenvalue weighted by Crippen LogP contribution is 2.20. The van der Waals surface area contributed by atoms with Gasteiger partial charge in [-0.05, 0) is 31.9 Å². The molecule has 1 aliphatic rings. The number of amides is 1. The molecule has 98 valence electrons. The van der Waals surface area contributed by atoms with Crippen molar-refractivity contribution >= 4 is 5.91 Å². The van der Waals surface area contributed by atoms with Gasteiger partial charge in [0.1, 0.15) is 0 Å². The van der Waals surface area contributed by atoms with Crippen LogP contribution in [0.25, 0.3) is 0 Å². The van der Waals surface area contributed by atoms with Crippen molar-refractivity contribution in [3.8, 4) is 0 Å². The predicted octanol–water partition coefficient (Wildman–Crippen LogP) is 2.35. The molecule has 1 aromatic rings. The molecule has 3 nitrogen and oxygen atoms in total. The fourth-order valence-corrected chi connectivity index (χ4v) is 2.46. The highest BCUT2D eigenvalue weighted by molar-refractivity contribution is 5.77. The summed E-state index contributed by atoms with van der Waals surface area (Å²) in [4.78, 5) is 14.1. The molecule has 0 bridgehead atoms. The zero-order valence-electron chi connectivity index (χ0n) is 11.2. The second-order valence-electron chi connectivity index (χ2n) is 5.09. The Bertz CT molecular complexity index is 385. The van der Waals surface area contributed by atoms with E-state index in [4.69, 9.17) is 0 Å². The number of carbonyl (C=O) groups is 1. The Morgan fingerprint density at radius 2 is 2.17 bits per heavy atom. The van der Waals surface area contributed by atoms with Crippen LogP contribution < -0.4 is 5.32 Å². The highest BCUT2D eigenvalue weighted by Gasteiger charge is 2.22. The van der Waals surface area contributed by atoms with Gasteiger partial charge < -0.3 is 10.2 Å². The van der Waals surface area contributed by atoms with Gasteiger partial charge in [0.2, 0.25) is 5.91 Å². The summed E-state index contributed by atoms with van der Waals surface area (Å²) >= 11 is 0. The number of benzene rings is 1. The maximum Gasteiger partial charge on any atom is 0.224 e. The van der Waals surface area contributed by atoms with Gasteiger partial charge in [0.15, 0.2) is 0 Å². The van der Waals surface area contributed by atoms with Gasteiger partial charge in [-0.1, -0.05) is 30.3 Å². The van der Waals surface area contributed by atoms with Gasteiger partial charge in [0.05, 0.1) is 6.04 Å². The first-order valence-corrected chi connectivity index (χ1v) is 6.72. The first kappa shape index (κ1) is 13.1. The van der Waals surface area contributed by atoms with Gasteiger partial charge in [-0.3, -0.25) is 4.79 Å². The lowest BCUT2D eigenvalue weighted by Crippen LogP contribution is -2.34. The minimum absolute atomic E-state index is 0.139. The van der Waals surface area contributed by atoms with Crippen LogP contribution in [0.1, 0.15) is 37.8 Å². The van der Waals surface area contributed by atoms with Crippen LogP contribution in [-0.4, -0.2) is 30.4 Å². The van der Waals surface area contributed by atoms with Gasteiger partial charge in [0.25, 0.3) is 0 Å². The summed E-state index contributed by atoms with van der Waals surface area (Å²) in [5.74, 6) is 0.228. The normalized spacial score (nSPS) is 20.7. The maximum absolute atomic E-state index is 12.2. The number of nitrogens with one attached hydrogen (secondary N) is 1. The van der Waals surface area contributed by atoms with Gasteiger partial charge in [-0.15, -0.1) is 0 Å². The standard InChI is InChI=1S/C15H22N2O/c1-12(13-7-4-3-5-8-13)17(2)15(18)11-14-9-6-10-16-14/h3-5,7-8,12,14,16H,6,9-11H2,1-2H3. The van der Waals surface area contributed by atoms with E-state index in [-0.39, 0.29) is 11.9 Å². The Kier molecular flexibility index (Phi) is 4.37. The summed E-state index contributed by atoms with van der Waals surface area (Å²) in [5.41, 5.74) is 1.19. The van der Waals surface area contributed by atoms with Crippen molar-refractivity contribution < 1.29 is 4.79 Å². The fraction of sp³-hybridized carbons (Fsp3) is 0.533. The van der Waals surface area contributed by atoms with Gasteiger partial charge in [0, 0.05) is 19.5 Å². The second kappa shape index (κ2) is 6.01. The van der Waals surface area contributed by atoms with Crippen molar-refractivity contribution in [2.24, 2.45) is 0 Å². The molecule has 2 unspecified atom stereocenters. The third kappa shape index (κ3) is 3.10. The average Bonchev–Trinajstić information content (AvgIpc) is 2.91. The molecule has 2 atom stereocenters. The minimum Gasteiger partial charge on any atom is -0.339 e. The van der Waals surface area contributed by atoms with Crippen molar-refractivity contribution in [3.63, 3.8) is 0 Å². The number of nitrogens with zero attached hydrogens (tertiary/aromatic N) is 1. The van der Waals surface area contributed by atoms with Crippen molar-refractivity contribution in [2.45, 2.75) is 38.3 Å². The van der Waals surface area contributed by atoms with Crippen LogP contribution in [0.4, 0.5) is 0 Å². The van der Waals surface area contributed by atoms with Crippen LogP contribution in [0.5, 0.6) is 0 Å². The Morgan fingerprint density at radius 3 is 2.78 bits per heavy atom. The summed E-state index contributed by atoms with van der Waals surface area (Å²) in [7, 11) is 1.90. The zero-order chi connectivity index (χ0) is 13.0. The minimum atomic E-state index is 0.139. The largest absolute Gasteiger partial charge is 0.339 e. The fourth-order valence-electron chi connectivity index (χ4n) is 2.46. The molecule has 3 heteroatoms. The summed E-state index contributed by atoms with van der Waals surface area (Å²) in [6.07, 6.45) is 2.93. The molecule has 1 heterocycles.